The first-order chi connectivity index (χ1) is 5.77. The SMILES string of the molecule is O=C(O)c1nc2c(s1)COCC2.[Li]. The smallest absolute Gasteiger partial charge is 0.365 e. The molecule has 0 atom stereocenters. The average molecular weight is 192 g/mol. The van der Waals surface area contributed by atoms with Gasteiger partial charge in [-0.15, -0.1) is 11.3 Å². The molecule has 0 amide bonds. The summed E-state index contributed by atoms with van der Waals surface area (Å²) in [6, 6.07) is 0. The van der Waals surface area contributed by atoms with Gasteiger partial charge in [0.15, 0.2) is 0 Å². The molecule has 0 saturated carbocycles. The maximum absolute atomic E-state index is 10.5. The fraction of sp³-hybridized carbons (Fsp3) is 0.429. The molecule has 0 bridgehead atoms. The van der Waals surface area contributed by atoms with Gasteiger partial charge in [-0.1, -0.05) is 0 Å². The molecule has 0 aromatic carbocycles. The Bertz CT molecular complexity index is 302. The molecule has 4 nitrogen and oxygen atoms in total. The van der Waals surface area contributed by atoms with Crippen molar-refractivity contribution in [3.63, 3.8) is 0 Å². The summed E-state index contributed by atoms with van der Waals surface area (Å²) in [7, 11) is 0. The number of carboxylic acid groups (broad SMARTS) is 1. The normalized spacial score (nSPS) is 14.5. The van der Waals surface area contributed by atoms with Crippen LogP contribution in [-0.4, -0.2) is 41.5 Å². The first kappa shape index (κ1) is 10.7. The number of ether oxygens (including phenoxy) is 1. The molecule has 1 aliphatic rings. The predicted molar refractivity (Wildman–Crippen MR) is 48.2 cm³/mol. The van der Waals surface area contributed by atoms with Crippen LogP contribution < -0.4 is 0 Å². The van der Waals surface area contributed by atoms with Crippen LogP contribution in [0.4, 0.5) is 0 Å². The summed E-state index contributed by atoms with van der Waals surface area (Å²) in [5.41, 5.74) is 0.892. The molecule has 1 N–H and O–H groups in total. The van der Waals surface area contributed by atoms with Crippen LogP contribution in [0.15, 0.2) is 0 Å². The van der Waals surface area contributed by atoms with Crippen LogP contribution in [0.1, 0.15) is 20.4 Å². The van der Waals surface area contributed by atoms with E-state index in [1.54, 1.807) is 0 Å². The summed E-state index contributed by atoms with van der Waals surface area (Å²) in [5.74, 6) is -0.950. The standard InChI is InChI=1S/C7H7NO3S.Li/c9-7(10)6-8-4-1-2-11-3-5(4)12-6;/h1-3H2,(H,9,10);. The minimum Gasteiger partial charge on any atom is -0.476 e. The number of thiazole rings is 1. The van der Waals surface area contributed by atoms with E-state index in [1.165, 1.54) is 11.3 Å². The Labute approximate surface area is 91.1 Å². The molecule has 0 spiro atoms. The van der Waals surface area contributed by atoms with Crippen molar-refractivity contribution < 1.29 is 14.6 Å². The van der Waals surface area contributed by atoms with Crippen LogP contribution in [0, 0.1) is 0 Å². The van der Waals surface area contributed by atoms with Crippen molar-refractivity contribution >= 4 is 36.2 Å². The molecule has 2 heterocycles. The Morgan fingerprint density at radius 3 is 3.00 bits per heavy atom. The number of aromatic nitrogens is 1. The van der Waals surface area contributed by atoms with Gasteiger partial charge in [-0.05, 0) is 0 Å². The summed E-state index contributed by atoms with van der Waals surface area (Å²) in [4.78, 5) is 15.5. The number of hydrogen-bond donors (Lipinski definition) is 1. The Kier molecular flexibility index (Phi) is 3.51. The molecule has 0 unspecified atom stereocenters. The molecule has 6 heteroatoms. The van der Waals surface area contributed by atoms with Gasteiger partial charge in [0.05, 0.1) is 23.8 Å². The first-order valence-electron chi connectivity index (χ1n) is 3.57. The Hall–Kier alpha value is -0.343. The van der Waals surface area contributed by atoms with Gasteiger partial charge in [0.2, 0.25) is 5.01 Å². The van der Waals surface area contributed by atoms with Gasteiger partial charge < -0.3 is 9.84 Å². The average Bonchev–Trinajstić information content (AvgIpc) is 2.46. The Morgan fingerprint density at radius 1 is 1.62 bits per heavy atom. The van der Waals surface area contributed by atoms with E-state index >= 15 is 0 Å². The second kappa shape index (κ2) is 4.25. The summed E-state index contributed by atoms with van der Waals surface area (Å²) in [5, 5.41) is 8.81. The number of aromatic carboxylic acids is 1. The van der Waals surface area contributed by atoms with E-state index in [0.29, 0.717) is 13.2 Å². The van der Waals surface area contributed by atoms with Crippen molar-refractivity contribution in [1.82, 2.24) is 4.98 Å². The van der Waals surface area contributed by atoms with Crippen molar-refractivity contribution in [2.24, 2.45) is 0 Å². The number of fused-ring (bicyclic) bond motifs is 1. The zero-order valence-electron chi connectivity index (χ0n) is 7.24. The Balaban J connectivity index is 0.000000845. The number of carbonyl (C=O) groups is 1. The monoisotopic (exact) mass is 192 g/mol. The van der Waals surface area contributed by atoms with Crippen molar-refractivity contribution in [3.8, 4) is 0 Å². The summed E-state index contributed by atoms with van der Waals surface area (Å²) < 4.78 is 5.17. The van der Waals surface area contributed by atoms with Crippen LogP contribution in [0.3, 0.4) is 0 Å². The molecule has 1 radical (unpaired) electrons. The molecule has 65 valence electrons. The van der Waals surface area contributed by atoms with Crippen LogP contribution in [-0.2, 0) is 17.8 Å². The molecule has 0 aliphatic carbocycles. The van der Waals surface area contributed by atoms with E-state index in [2.05, 4.69) is 4.98 Å². The van der Waals surface area contributed by atoms with Gasteiger partial charge >= 0.3 is 5.97 Å². The summed E-state index contributed by atoms with van der Waals surface area (Å²) in [6.07, 6.45) is 0.735. The van der Waals surface area contributed by atoms with Crippen molar-refractivity contribution in [1.29, 1.82) is 0 Å². The van der Waals surface area contributed by atoms with Crippen molar-refractivity contribution in [2.75, 3.05) is 6.61 Å². The first-order valence-corrected chi connectivity index (χ1v) is 4.38. The molecule has 1 aliphatic heterocycles. The maximum atomic E-state index is 10.5. The molecule has 0 fully saturated rings. The molecule has 1 aromatic rings. The number of nitrogens with zero attached hydrogens (tertiary/aromatic N) is 1. The Morgan fingerprint density at radius 2 is 2.38 bits per heavy atom. The fourth-order valence-electron chi connectivity index (χ4n) is 1.12. The van der Waals surface area contributed by atoms with E-state index in [4.69, 9.17) is 9.84 Å². The van der Waals surface area contributed by atoms with Crippen molar-refractivity contribution in [3.05, 3.63) is 15.6 Å². The molecular formula is C7H7LiNO3S. The number of hydrogen-bond acceptors (Lipinski definition) is 4. The molecule has 0 saturated heterocycles. The van der Waals surface area contributed by atoms with Crippen molar-refractivity contribution in [2.45, 2.75) is 13.0 Å². The zero-order valence-corrected chi connectivity index (χ0v) is 8.06. The van der Waals surface area contributed by atoms with Gasteiger partial charge in [0, 0.05) is 25.3 Å². The topological polar surface area (TPSA) is 59.4 Å². The number of rotatable bonds is 1. The molecular weight excluding hydrogens is 185 g/mol. The largest absolute Gasteiger partial charge is 0.476 e. The van der Waals surface area contributed by atoms with Crippen LogP contribution in [0.25, 0.3) is 0 Å². The fourth-order valence-corrected chi connectivity index (χ4v) is 2.00. The van der Waals surface area contributed by atoms with Crippen LogP contribution in [0.5, 0.6) is 0 Å². The summed E-state index contributed by atoms with van der Waals surface area (Å²) >= 11 is 1.21. The van der Waals surface area contributed by atoms with Gasteiger partial charge in [-0.25, -0.2) is 9.78 Å². The van der Waals surface area contributed by atoms with Gasteiger partial charge in [-0.3, -0.25) is 0 Å². The van der Waals surface area contributed by atoms with E-state index in [9.17, 15) is 4.79 Å². The number of carboxylic acids is 1. The van der Waals surface area contributed by atoms with Gasteiger partial charge in [0.25, 0.3) is 0 Å². The third-order valence-electron chi connectivity index (χ3n) is 1.68. The minimum absolute atomic E-state index is 0. The molecule has 2 rings (SSSR count). The quantitative estimate of drug-likeness (QED) is 0.659. The van der Waals surface area contributed by atoms with Gasteiger partial charge in [0.1, 0.15) is 0 Å². The van der Waals surface area contributed by atoms with E-state index < -0.39 is 5.97 Å². The van der Waals surface area contributed by atoms with Gasteiger partial charge in [-0.2, -0.15) is 0 Å². The van der Waals surface area contributed by atoms with E-state index in [1.807, 2.05) is 0 Å². The second-order valence-corrected chi connectivity index (χ2v) is 3.58. The minimum atomic E-state index is -0.950. The van der Waals surface area contributed by atoms with Crippen LogP contribution >= 0.6 is 11.3 Å². The zero-order chi connectivity index (χ0) is 8.55. The molecule has 13 heavy (non-hydrogen) atoms. The predicted octanol–water partition coefficient (Wildman–Crippen LogP) is 0.533. The third-order valence-corrected chi connectivity index (χ3v) is 2.74. The van der Waals surface area contributed by atoms with E-state index in [0.717, 1.165) is 17.0 Å². The second-order valence-electron chi connectivity index (χ2n) is 2.50. The molecule has 1 aromatic heterocycles. The third kappa shape index (κ3) is 2.12. The summed E-state index contributed by atoms with van der Waals surface area (Å²) in [6.45, 7) is 1.16. The maximum Gasteiger partial charge on any atom is 0.365 e. The van der Waals surface area contributed by atoms with Crippen LogP contribution in [0.2, 0.25) is 0 Å². The van der Waals surface area contributed by atoms with E-state index in [-0.39, 0.29) is 23.9 Å².